The summed E-state index contributed by atoms with van der Waals surface area (Å²) < 4.78 is 40.2. The van der Waals surface area contributed by atoms with E-state index in [0.29, 0.717) is 22.9 Å². The second-order valence-corrected chi connectivity index (χ2v) is 6.61. The lowest BCUT2D eigenvalue weighted by Crippen LogP contribution is -2.17. The highest BCUT2D eigenvalue weighted by Gasteiger charge is 2.38. The number of rotatable bonds is 5. The molecule has 1 aliphatic carbocycles. The van der Waals surface area contributed by atoms with Gasteiger partial charge in [-0.05, 0) is 43.4 Å². The minimum atomic E-state index is -4.41. The average molecular weight is 356 g/mol. The minimum Gasteiger partial charge on any atom is -0.477 e. The molecule has 0 radical (unpaired) electrons. The van der Waals surface area contributed by atoms with Gasteiger partial charge in [0.05, 0.1) is 11.8 Å². The third kappa shape index (κ3) is 3.24. The van der Waals surface area contributed by atoms with E-state index >= 15 is 0 Å². The summed E-state index contributed by atoms with van der Waals surface area (Å²) in [4.78, 5) is 16.6. The minimum absolute atomic E-state index is 0.00997. The maximum atomic E-state index is 13.4. The summed E-state index contributed by atoms with van der Waals surface area (Å²) in [5.74, 6) is -1.11. The number of hydrogen-bond acceptors (Lipinski definition) is 4. The summed E-state index contributed by atoms with van der Waals surface area (Å²) in [5.41, 5.74) is 0.0872. The van der Waals surface area contributed by atoms with E-state index in [2.05, 4.69) is 4.98 Å². The first-order chi connectivity index (χ1) is 11.3. The fourth-order valence-corrected chi connectivity index (χ4v) is 3.46. The van der Waals surface area contributed by atoms with Crippen LogP contribution < -0.4 is 4.90 Å². The van der Waals surface area contributed by atoms with Crippen molar-refractivity contribution in [2.24, 2.45) is 0 Å². The van der Waals surface area contributed by atoms with Crippen molar-refractivity contribution in [3.8, 4) is 0 Å². The molecule has 3 rings (SSSR count). The van der Waals surface area contributed by atoms with E-state index in [4.69, 9.17) is 5.11 Å². The standard InChI is InChI=1S/C16H15F3N2O2S/c1-2-21(15-20-8-13(24-15)14(22)23)10-5-6-11(9-3-4-9)12(7-10)16(17,18)19/h5-9H,2-4H2,1H3,(H,22,23). The van der Waals surface area contributed by atoms with Crippen molar-refractivity contribution in [2.75, 3.05) is 11.4 Å². The largest absolute Gasteiger partial charge is 0.477 e. The molecule has 0 bridgehead atoms. The van der Waals surface area contributed by atoms with E-state index in [1.807, 2.05) is 0 Å². The normalized spacial score (nSPS) is 14.7. The molecule has 1 fully saturated rings. The predicted octanol–water partition coefficient (Wildman–Crippen LogP) is 4.90. The van der Waals surface area contributed by atoms with Gasteiger partial charge in [-0.1, -0.05) is 17.4 Å². The maximum absolute atomic E-state index is 13.4. The first-order valence-electron chi connectivity index (χ1n) is 7.49. The second-order valence-electron chi connectivity index (χ2n) is 5.60. The lowest BCUT2D eigenvalue weighted by molar-refractivity contribution is -0.138. The molecule has 24 heavy (non-hydrogen) atoms. The Balaban J connectivity index is 2.01. The smallest absolute Gasteiger partial charge is 0.416 e. The van der Waals surface area contributed by atoms with Crippen LogP contribution in [-0.2, 0) is 6.18 Å². The number of thiazole rings is 1. The molecule has 0 unspecified atom stereocenters. The zero-order chi connectivity index (χ0) is 17.5. The number of carboxylic acids is 1. The van der Waals surface area contributed by atoms with Crippen LogP contribution >= 0.6 is 11.3 Å². The van der Waals surface area contributed by atoms with Crippen molar-refractivity contribution in [3.05, 3.63) is 40.4 Å². The van der Waals surface area contributed by atoms with Crippen molar-refractivity contribution >= 4 is 28.1 Å². The number of alkyl halides is 3. The molecule has 0 amide bonds. The molecule has 0 spiro atoms. The van der Waals surface area contributed by atoms with E-state index in [-0.39, 0.29) is 10.8 Å². The first kappa shape index (κ1) is 16.8. The number of carboxylic acid groups (broad SMARTS) is 1. The molecule has 1 saturated carbocycles. The molecule has 2 aromatic rings. The SMILES string of the molecule is CCN(c1ccc(C2CC2)c(C(F)(F)F)c1)c1ncc(C(=O)O)s1. The Labute approximate surface area is 140 Å². The predicted molar refractivity (Wildman–Crippen MR) is 85.2 cm³/mol. The molecule has 1 N–H and O–H groups in total. The van der Waals surface area contributed by atoms with Crippen LogP contribution in [0.25, 0.3) is 0 Å². The lowest BCUT2D eigenvalue weighted by atomic mass is 10.0. The van der Waals surface area contributed by atoms with Gasteiger partial charge in [0.15, 0.2) is 5.13 Å². The third-order valence-corrected chi connectivity index (χ3v) is 4.93. The molecular weight excluding hydrogens is 341 g/mol. The van der Waals surface area contributed by atoms with E-state index in [0.717, 1.165) is 30.2 Å². The van der Waals surface area contributed by atoms with Gasteiger partial charge in [0.25, 0.3) is 0 Å². The summed E-state index contributed by atoms with van der Waals surface area (Å²) in [6, 6.07) is 4.32. The van der Waals surface area contributed by atoms with Gasteiger partial charge in [-0.2, -0.15) is 13.2 Å². The molecule has 1 aromatic heterocycles. The lowest BCUT2D eigenvalue weighted by Gasteiger charge is -2.22. The van der Waals surface area contributed by atoms with Crippen molar-refractivity contribution in [2.45, 2.75) is 31.9 Å². The van der Waals surface area contributed by atoms with Crippen LogP contribution in [-0.4, -0.2) is 22.6 Å². The molecule has 128 valence electrons. The van der Waals surface area contributed by atoms with Crippen LogP contribution in [0.4, 0.5) is 24.0 Å². The topological polar surface area (TPSA) is 53.4 Å². The Morgan fingerprint density at radius 2 is 2.12 bits per heavy atom. The molecule has 8 heteroatoms. The zero-order valence-electron chi connectivity index (χ0n) is 12.8. The van der Waals surface area contributed by atoms with Gasteiger partial charge < -0.3 is 10.0 Å². The van der Waals surface area contributed by atoms with Crippen molar-refractivity contribution in [1.82, 2.24) is 4.98 Å². The Kier molecular flexibility index (Phi) is 4.25. The summed E-state index contributed by atoms with van der Waals surface area (Å²) >= 11 is 0.939. The number of hydrogen-bond donors (Lipinski definition) is 1. The van der Waals surface area contributed by atoms with Gasteiger partial charge in [0.1, 0.15) is 4.88 Å². The zero-order valence-corrected chi connectivity index (χ0v) is 13.6. The number of aromatic nitrogens is 1. The molecule has 0 atom stereocenters. The Hall–Kier alpha value is -2.09. The first-order valence-corrected chi connectivity index (χ1v) is 8.30. The summed E-state index contributed by atoms with van der Waals surface area (Å²) in [6.45, 7) is 2.16. The van der Waals surface area contributed by atoms with Crippen LogP contribution in [0.1, 0.15) is 46.5 Å². The average Bonchev–Trinajstić information content (AvgIpc) is 3.25. The Bertz CT molecular complexity index is 769. The fraction of sp³-hybridized carbons (Fsp3) is 0.375. The number of halogens is 3. The van der Waals surface area contributed by atoms with E-state index < -0.39 is 17.7 Å². The number of anilines is 2. The van der Waals surface area contributed by atoms with E-state index in [1.165, 1.54) is 12.3 Å². The van der Waals surface area contributed by atoms with Crippen LogP contribution in [0.15, 0.2) is 24.4 Å². The summed E-state index contributed by atoms with van der Waals surface area (Å²) in [7, 11) is 0. The second kappa shape index (κ2) is 6.08. The molecule has 0 aliphatic heterocycles. The molecule has 1 heterocycles. The highest BCUT2D eigenvalue weighted by atomic mass is 32.1. The molecule has 0 saturated heterocycles. The number of nitrogens with zero attached hydrogens (tertiary/aromatic N) is 2. The fourth-order valence-electron chi connectivity index (χ4n) is 2.62. The summed E-state index contributed by atoms with van der Waals surface area (Å²) in [6.07, 6.45) is -1.63. The Morgan fingerprint density at radius 1 is 1.42 bits per heavy atom. The number of aromatic carboxylic acids is 1. The number of carbonyl (C=O) groups is 1. The van der Waals surface area contributed by atoms with Crippen molar-refractivity contribution < 1.29 is 23.1 Å². The monoisotopic (exact) mass is 356 g/mol. The molecular formula is C16H15F3N2O2S. The quantitative estimate of drug-likeness (QED) is 0.828. The maximum Gasteiger partial charge on any atom is 0.416 e. The highest BCUT2D eigenvalue weighted by Crippen LogP contribution is 2.47. The van der Waals surface area contributed by atoms with E-state index in [1.54, 1.807) is 17.9 Å². The van der Waals surface area contributed by atoms with E-state index in [9.17, 15) is 18.0 Å². The van der Waals surface area contributed by atoms with Gasteiger partial charge in [-0.3, -0.25) is 0 Å². The van der Waals surface area contributed by atoms with Gasteiger partial charge in [0, 0.05) is 12.2 Å². The van der Waals surface area contributed by atoms with Crippen LogP contribution in [0.5, 0.6) is 0 Å². The van der Waals surface area contributed by atoms with Gasteiger partial charge in [-0.15, -0.1) is 0 Å². The van der Waals surface area contributed by atoms with Gasteiger partial charge in [0.2, 0.25) is 0 Å². The van der Waals surface area contributed by atoms with Gasteiger partial charge in [-0.25, -0.2) is 9.78 Å². The Morgan fingerprint density at radius 3 is 2.62 bits per heavy atom. The third-order valence-electron chi connectivity index (χ3n) is 3.92. The van der Waals surface area contributed by atoms with Crippen LogP contribution in [0, 0.1) is 0 Å². The highest BCUT2D eigenvalue weighted by molar-refractivity contribution is 7.17. The molecule has 1 aromatic carbocycles. The molecule has 1 aliphatic rings. The number of benzene rings is 1. The van der Waals surface area contributed by atoms with Crippen molar-refractivity contribution in [1.29, 1.82) is 0 Å². The van der Waals surface area contributed by atoms with Crippen molar-refractivity contribution in [3.63, 3.8) is 0 Å². The molecule has 4 nitrogen and oxygen atoms in total. The van der Waals surface area contributed by atoms with Crippen LogP contribution in [0.2, 0.25) is 0 Å². The summed E-state index contributed by atoms with van der Waals surface area (Å²) in [5, 5.41) is 9.34. The van der Waals surface area contributed by atoms with Crippen LogP contribution in [0.3, 0.4) is 0 Å². The van der Waals surface area contributed by atoms with Gasteiger partial charge >= 0.3 is 12.1 Å².